The third kappa shape index (κ3) is 4.90. The average Bonchev–Trinajstić information content (AvgIpc) is 3.49. The number of ether oxygens (including phenoxy) is 2. The number of likely N-dealkylation sites (tertiary alicyclic amines) is 1. The summed E-state index contributed by atoms with van der Waals surface area (Å²) in [6, 6.07) is 6.87. The molecule has 1 aromatic heterocycles. The Kier molecular flexibility index (Phi) is 6.98. The molecule has 0 radical (unpaired) electrons. The Hall–Kier alpha value is -4.43. The number of rotatable bonds is 8. The summed E-state index contributed by atoms with van der Waals surface area (Å²) in [6.07, 6.45) is 10.7. The van der Waals surface area contributed by atoms with Gasteiger partial charge >= 0.3 is 0 Å². The molecule has 0 spiro atoms. The van der Waals surface area contributed by atoms with Crippen LogP contribution < -0.4 is 10.1 Å². The lowest BCUT2D eigenvalue weighted by Gasteiger charge is -2.25. The molecule has 3 aliphatic rings. The van der Waals surface area contributed by atoms with Crippen molar-refractivity contribution in [1.29, 1.82) is 5.26 Å². The minimum absolute atomic E-state index is 0.0173. The van der Waals surface area contributed by atoms with Crippen LogP contribution in [0.15, 0.2) is 54.2 Å². The van der Waals surface area contributed by atoms with Gasteiger partial charge in [-0.3, -0.25) is 10.1 Å². The van der Waals surface area contributed by atoms with E-state index in [1.54, 1.807) is 0 Å². The van der Waals surface area contributed by atoms with Gasteiger partial charge in [-0.05, 0) is 51.1 Å². The first-order valence-corrected chi connectivity index (χ1v) is 12.4. The van der Waals surface area contributed by atoms with E-state index in [4.69, 9.17) is 9.47 Å². The van der Waals surface area contributed by atoms with Crippen molar-refractivity contribution in [3.05, 3.63) is 75.6 Å². The highest BCUT2D eigenvalue weighted by Gasteiger charge is 2.33. The fourth-order valence-corrected chi connectivity index (χ4v) is 5.15. The number of non-ortho nitro benzene ring substituents is 1. The molecule has 1 aliphatic carbocycles. The van der Waals surface area contributed by atoms with Crippen LogP contribution in [0.4, 0.5) is 17.3 Å². The number of nitro benzene ring substituents is 1. The van der Waals surface area contributed by atoms with Gasteiger partial charge in [0.25, 0.3) is 5.69 Å². The number of nitrogens with zero attached hydrogens (tertiary/aromatic N) is 6. The summed E-state index contributed by atoms with van der Waals surface area (Å²) in [5.41, 5.74) is 3.10. The Labute approximate surface area is 220 Å². The lowest BCUT2D eigenvalue weighted by Crippen LogP contribution is -2.29. The molecule has 11 nitrogen and oxygen atoms in total. The van der Waals surface area contributed by atoms with Gasteiger partial charge in [-0.2, -0.15) is 5.26 Å². The number of aromatic nitrogens is 2. The Morgan fingerprint density at radius 1 is 1.34 bits per heavy atom. The number of benzene rings is 1. The van der Waals surface area contributed by atoms with Gasteiger partial charge in [-0.1, -0.05) is 0 Å². The van der Waals surface area contributed by atoms with E-state index in [0.29, 0.717) is 41.8 Å². The van der Waals surface area contributed by atoms with E-state index < -0.39 is 4.92 Å². The molecule has 11 heteroatoms. The van der Waals surface area contributed by atoms with Crippen LogP contribution in [-0.4, -0.2) is 65.1 Å². The standard InChI is InChI=1S/C27H29N7O4/c1-32-10-4-5-19(32)16-38-20-7-8-21-22(15-33(2)24(21)12-20)26-17(13-28)14-29-27(31-26)30-23-11-18(34(35)36)6-9-25(23)37-3/h6-7,9,11-12,14-15,19,21H,4-5,8,10,16H2,1-3H3,(H,29,30,31). The van der Waals surface area contributed by atoms with Gasteiger partial charge in [0.15, 0.2) is 0 Å². The van der Waals surface area contributed by atoms with Crippen LogP contribution in [0.1, 0.15) is 30.5 Å². The van der Waals surface area contributed by atoms with Crippen LogP contribution in [0.2, 0.25) is 0 Å². The fraction of sp³-hybridized carbons (Fsp3) is 0.370. The zero-order valence-corrected chi connectivity index (χ0v) is 21.5. The molecule has 1 N–H and O–H groups in total. The van der Waals surface area contributed by atoms with Crippen molar-refractivity contribution < 1.29 is 14.4 Å². The van der Waals surface area contributed by atoms with E-state index in [9.17, 15) is 15.4 Å². The molecule has 1 aromatic carbocycles. The maximum absolute atomic E-state index is 11.3. The Morgan fingerprint density at radius 2 is 2.18 bits per heavy atom. The van der Waals surface area contributed by atoms with E-state index in [2.05, 4.69) is 45.5 Å². The SMILES string of the molecule is COc1ccc([N+](=O)[O-])cc1Nc1ncc(C#N)c(C2=CN(C)C3=CC(OCC4CCCN4C)=CCC23)n1. The van der Waals surface area contributed by atoms with Gasteiger partial charge in [-0.25, -0.2) is 9.97 Å². The number of likely N-dealkylation sites (N-methyl/N-ethyl adjacent to an activating group) is 1. The topological polar surface area (TPSA) is 130 Å². The van der Waals surface area contributed by atoms with Gasteiger partial charge in [0.05, 0.1) is 35.2 Å². The molecular formula is C27H29N7O4. The van der Waals surface area contributed by atoms with Crippen molar-refractivity contribution in [2.45, 2.75) is 25.3 Å². The van der Waals surface area contributed by atoms with E-state index >= 15 is 0 Å². The van der Waals surface area contributed by atoms with E-state index in [1.807, 2.05) is 18.1 Å². The molecule has 5 rings (SSSR count). The Balaban J connectivity index is 1.38. The molecule has 2 unspecified atom stereocenters. The van der Waals surface area contributed by atoms with Crippen LogP contribution in [0.3, 0.4) is 0 Å². The van der Waals surface area contributed by atoms with Gasteiger partial charge in [0.1, 0.15) is 24.2 Å². The van der Waals surface area contributed by atoms with Crippen molar-refractivity contribution in [3.8, 4) is 11.8 Å². The van der Waals surface area contributed by atoms with Gasteiger partial charge in [0.2, 0.25) is 5.95 Å². The van der Waals surface area contributed by atoms with Crippen molar-refractivity contribution >= 4 is 22.9 Å². The van der Waals surface area contributed by atoms with E-state index in [0.717, 1.165) is 30.0 Å². The fourth-order valence-electron chi connectivity index (χ4n) is 5.15. The van der Waals surface area contributed by atoms with Crippen LogP contribution in [0.5, 0.6) is 5.75 Å². The molecule has 0 saturated carbocycles. The number of hydrogen-bond donors (Lipinski definition) is 1. The normalized spacial score (nSPS) is 20.7. The molecule has 2 aromatic rings. The van der Waals surface area contributed by atoms with Crippen molar-refractivity contribution in [1.82, 2.24) is 19.8 Å². The Bertz CT molecular complexity index is 1390. The lowest BCUT2D eigenvalue weighted by molar-refractivity contribution is -0.384. The molecule has 2 atom stereocenters. The summed E-state index contributed by atoms with van der Waals surface area (Å²) in [5, 5.41) is 24.1. The number of fused-ring (bicyclic) bond motifs is 1. The number of nitro groups is 1. The quantitative estimate of drug-likeness (QED) is 0.403. The first-order valence-electron chi connectivity index (χ1n) is 12.4. The molecule has 3 heterocycles. The molecule has 196 valence electrons. The zero-order valence-electron chi connectivity index (χ0n) is 21.5. The lowest BCUT2D eigenvalue weighted by atomic mass is 9.88. The highest BCUT2D eigenvalue weighted by Crippen LogP contribution is 2.43. The number of nitrogens with one attached hydrogen (secondary N) is 1. The van der Waals surface area contributed by atoms with Gasteiger partial charge in [0, 0.05) is 48.6 Å². The molecule has 0 bridgehead atoms. The molecule has 38 heavy (non-hydrogen) atoms. The summed E-state index contributed by atoms with van der Waals surface area (Å²) < 4.78 is 11.5. The number of methoxy groups -OCH3 is 1. The summed E-state index contributed by atoms with van der Waals surface area (Å²) in [4.78, 5) is 24.1. The van der Waals surface area contributed by atoms with Crippen molar-refractivity contribution in [2.75, 3.05) is 39.7 Å². The molecule has 0 amide bonds. The van der Waals surface area contributed by atoms with Crippen LogP contribution in [0, 0.1) is 27.4 Å². The molecular weight excluding hydrogens is 486 g/mol. The summed E-state index contributed by atoms with van der Waals surface area (Å²) in [5.74, 6) is 1.49. The van der Waals surface area contributed by atoms with Crippen molar-refractivity contribution in [3.63, 3.8) is 0 Å². The van der Waals surface area contributed by atoms with Gasteiger partial charge < -0.3 is 24.6 Å². The van der Waals surface area contributed by atoms with Gasteiger partial charge in [-0.15, -0.1) is 0 Å². The number of nitriles is 1. The van der Waals surface area contributed by atoms with Crippen molar-refractivity contribution in [2.24, 2.45) is 5.92 Å². The van der Waals surface area contributed by atoms with E-state index in [1.165, 1.54) is 37.9 Å². The third-order valence-corrected chi connectivity index (χ3v) is 7.25. The third-order valence-electron chi connectivity index (χ3n) is 7.25. The van der Waals surface area contributed by atoms with Crippen LogP contribution in [0.25, 0.3) is 5.57 Å². The second kappa shape index (κ2) is 10.5. The zero-order chi connectivity index (χ0) is 26.8. The number of hydrogen-bond acceptors (Lipinski definition) is 10. The van der Waals surface area contributed by atoms with Crippen LogP contribution in [-0.2, 0) is 4.74 Å². The second-order valence-electron chi connectivity index (χ2n) is 9.58. The minimum Gasteiger partial charge on any atom is -0.495 e. The predicted molar refractivity (Wildman–Crippen MR) is 141 cm³/mol. The first kappa shape index (κ1) is 25.2. The highest BCUT2D eigenvalue weighted by molar-refractivity contribution is 5.76. The number of anilines is 2. The summed E-state index contributed by atoms with van der Waals surface area (Å²) in [7, 11) is 5.59. The van der Waals surface area contributed by atoms with Crippen LogP contribution >= 0.6 is 0 Å². The summed E-state index contributed by atoms with van der Waals surface area (Å²) >= 11 is 0. The molecule has 2 aliphatic heterocycles. The maximum Gasteiger partial charge on any atom is 0.271 e. The molecule has 1 fully saturated rings. The number of allylic oxidation sites excluding steroid dienone is 3. The maximum atomic E-state index is 11.3. The Morgan fingerprint density at radius 3 is 2.89 bits per heavy atom. The summed E-state index contributed by atoms with van der Waals surface area (Å²) in [6.45, 7) is 1.78. The highest BCUT2D eigenvalue weighted by atomic mass is 16.6. The monoisotopic (exact) mass is 515 g/mol. The minimum atomic E-state index is -0.483. The molecule has 1 saturated heterocycles. The van der Waals surface area contributed by atoms with E-state index in [-0.39, 0.29) is 17.6 Å². The smallest absolute Gasteiger partial charge is 0.271 e. The second-order valence-corrected chi connectivity index (χ2v) is 9.58. The average molecular weight is 516 g/mol. The first-order chi connectivity index (χ1) is 18.4. The largest absolute Gasteiger partial charge is 0.495 e. The predicted octanol–water partition coefficient (Wildman–Crippen LogP) is 4.19.